The second-order valence-electron chi connectivity index (χ2n) is 12.4. The summed E-state index contributed by atoms with van der Waals surface area (Å²) in [5, 5.41) is 12.4. The first-order chi connectivity index (χ1) is 19.0. The maximum absolute atomic E-state index is 5.69. The lowest BCUT2D eigenvalue weighted by molar-refractivity contribution is -0.199. The van der Waals surface area contributed by atoms with E-state index in [1.54, 1.807) is 0 Å². The predicted octanol–water partition coefficient (Wildman–Crippen LogP) is 5.51. The van der Waals surface area contributed by atoms with Gasteiger partial charge in [-0.2, -0.15) is 5.10 Å². The smallest absolute Gasteiger partial charge is 0.237 e. The number of ether oxygens (including phenoxy) is 2. The van der Waals surface area contributed by atoms with Crippen LogP contribution in [0.5, 0.6) is 5.88 Å². The number of fused-ring (bicyclic) bond motifs is 2. The molecule has 9 nitrogen and oxygen atoms in total. The Kier molecular flexibility index (Phi) is 4.99. The summed E-state index contributed by atoms with van der Waals surface area (Å²) in [6, 6.07) is 6.74. The number of hydrogen-bond acceptors (Lipinski definition) is 8. The molecule has 4 aliphatic rings. The third-order valence-electron chi connectivity index (χ3n) is 9.62. The van der Waals surface area contributed by atoms with Gasteiger partial charge in [-0.1, -0.05) is 19.1 Å². The molecule has 2 saturated carbocycles. The van der Waals surface area contributed by atoms with E-state index in [0.717, 1.165) is 64.6 Å². The number of benzene rings is 1. The van der Waals surface area contributed by atoms with Gasteiger partial charge in [0.05, 0.1) is 36.7 Å². The third kappa shape index (κ3) is 3.77. The SMILES string of the molecule is Cc1c(-c2ccc3cnc(Nc4cnn(C5CC6(C5)CC(C5(C)COC5)C6)c4)nc3c2)cnc2c1NCCO2. The number of anilines is 3. The highest BCUT2D eigenvalue weighted by Gasteiger charge is 2.59. The first-order valence-corrected chi connectivity index (χ1v) is 14.0. The minimum Gasteiger partial charge on any atom is -0.474 e. The van der Waals surface area contributed by atoms with E-state index < -0.39 is 0 Å². The lowest BCUT2D eigenvalue weighted by Crippen LogP contribution is -2.57. The van der Waals surface area contributed by atoms with E-state index in [0.29, 0.717) is 35.3 Å². The summed E-state index contributed by atoms with van der Waals surface area (Å²) in [6.07, 6.45) is 12.9. The van der Waals surface area contributed by atoms with E-state index >= 15 is 0 Å². The van der Waals surface area contributed by atoms with Crippen LogP contribution in [0.3, 0.4) is 0 Å². The summed E-state index contributed by atoms with van der Waals surface area (Å²) in [4.78, 5) is 13.9. The van der Waals surface area contributed by atoms with Gasteiger partial charge in [-0.05, 0) is 61.1 Å². The minimum absolute atomic E-state index is 0.433. The molecule has 1 spiro atoms. The molecule has 0 unspecified atom stereocenters. The highest BCUT2D eigenvalue weighted by Crippen LogP contribution is 2.66. The van der Waals surface area contributed by atoms with Crippen LogP contribution in [0.15, 0.2) is 43.0 Å². The van der Waals surface area contributed by atoms with Crippen molar-refractivity contribution in [3.8, 4) is 17.0 Å². The van der Waals surface area contributed by atoms with Crippen LogP contribution in [-0.2, 0) is 4.74 Å². The molecule has 3 fully saturated rings. The molecule has 4 aromatic rings. The number of rotatable bonds is 5. The topological polar surface area (TPSA) is 99.0 Å². The number of aromatic nitrogens is 5. The molecule has 1 saturated heterocycles. The van der Waals surface area contributed by atoms with Gasteiger partial charge in [0.1, 0.15) is 12.3 Å². The van der Waals surface area contributed by atoms with Gasteiger partial charge in [0, 0.05) is 41.5 Å². The number of nitrogens with zero attached hydrogens (tertiary/aromatic N) is 5. The molecular weight excluding hydrogens is 490 g/mol. The molecule has 200 valence electrons. The maximum atomic E-state index is 5.69. The second kappa shape index (κ2) is 8.39. The number of hydrogen-bond donors (Lipinski definition) is 2. The van der Waals surface area contributed by atoms with Crippen LogP contribution in [-0.4, -0.2) is 51.1 Å². The van der Waals surface area contributed by atoms with Crippen LogP contribution in [0.25, 0.3) is 22.0 Å². The Bertz CT molecular complexity index is 1580. The predicted molar refractivity (Wildman–Crippen MR) is 149 cm³/mol. The summed E-state index contributed by atoms with van der Waals surface area (Å²) in [5.74, 6) is 2.08. The zero-order valence-electron chi connectivity index (χ0n) is 22.4. The van der Waals surface area contributed by atoms with Gasteiger partial charge in [-0.25, -0.2) is 15.0 Å². The number of pyridine rings is 1. The fraction of sp³-hybridized carbons (Fsp3) is 0.467. The third-order valence-corrected chi connectivity index (χ3v) is 9.62. The Morgan fingerprint density at radius 3 is 2.77 bits per heavy atom. The molecule has 2 aliphatic heterocycles. The van der Waals surface area contributed by atoms with E-state index in [9.17, 15) is 0 Å². The average molecular weight is 524 g/mol. The van der Waals surface area contributed by atoms with Crippen LogP contribution >= 0.6 is 0 Å². The van der Waals surface area contributed by atoms with Crippen molar-refractivity contribution in [3.05, 3.63) is 48.5 Å². The van der Waals surface area contributed by atoms with Gasteiger partial charge in [0.15, 0.2) is 0 Å². The zero-order valence-corrected chi connectivity index (χ0v) is 22.4. The first-order valence-electron chi connectivity index (χ1n) is 14.0. The minimum atomic E-state index is 0.433. The molecule has 0 radical (unpaired) electrons. The molecule has 3 aromatic heterocycles. The van der Waals surface area contributed by atoms with Crippen molar-refractivity contribution in [1.82, 2.24) is 24.7 Å². The largest absolute Gasteiger partial charge is 0.474 e. The van der Waals surface area contributed by atoms with Gasteiger partial charge in [-0.3, -0.25) is 4.68 Å². The van der Waals surface area contributed by atoms with Gasteiger partial charge in [-0.15, -0.1) is 0 Å². The summed E-state index contributed by atoms with van der Waals surface area (Å²) in [5.41, 5.74) is 7.00. The summed E-state index contributed by atoms with van der Waals surface area (Å²) >= 11 is 0. The van der Waals surface area contributed by atoms with Gasteiger partial charge < -0.3 is 20.1 Å². The molecule has 8 rings (SSSR count). The molecule has 1 aromatic carbocycles. The standard InChI is InChI=1S/C30H33N7O2/c1-18-24(14-32-27-26(18)31-5-6-39-27)19-3-4-20-12-33-28(36-25(20)7-19)35-22-13-34-37(15-22)23-10-30(11-23)8-21(9-30)29(2)16-38-17-29/h3-4,7,12-15,21,23,31H,5-6,8-11,16-17H2,1-2H3,(H,33,35,36). The van der Waals surface area contributed by atoms with E-state index in [-0.39, 0.29) is 0 Å². The van der Waals surface area contributed by atoms with Gasteiger partial charge in [0.2, 0.25) is 11.8 Å². The van der Waals surface area contributed by atoms with Crippen molar-refractivity contribution in [2.24, 2.45) is 16.7 Å². The van der Waals surface area contributed by atoms with Gasteiger partial charge >= 0.3 is 0 Å². The van der Waals surface area contributed by atoms with Crippen LogP contribution < -0.4 is 15.4 Å². The molecular formula is C30H33N7O2. The molecule has 0 amide bonds. The fourth-order valence-corrected chi connectivity index (χ4v) is 7.09. The van der Waals surface area contributed by atoms with Crippen molar-refractivity contribution < 1.29 is 9.47 Å². The van der Waals surface area contributed by atoms with E-state index in [4.69, 9.17) is 14.5 Å². The van der Waals surface area contributed by atoms with E-state index in [2.05, 4.69) is 68.6 Å². The second-order valence-corrected chi connectivity index (χ2v) is 12.4. The molecule has 9 heteroatoms. The molecule has 2 N–H and O–H groups in total. The summed E-state index contributed by atoms with van der Waals surface area (Å²) < 4.78 is 13.3. The highest BCUT2D eigenvalue weighted by molar-refractivity contribution is 5.86. The maximum Gasteiger partial charge on any atom is 0.237 e. The average Bonchev–Trinajstić information content (AvgIpc) is 3.34. The van der Waals surface area contributed by atoms with Crippen LogP contribution in [0.1, 0.15) is 44.2 Å². The van der Waals surface area contributed by atoms with Gasteiger partial charge in [0.25, 0.3) is 0 Å². The Labute approximate surface area is 227 Å². The molecule has 0 atom stereocenters. The van der Waals surface area contributed by atoms with Crippen molar-refractivity contribution in [3.63, 3.8) is 0 Å². The van der Waals surface area contributed by atoms with Crippen molar-refractivity contribution in [2.75, 3.05) is 37.0 Å². The van der Waals surface area contributed by atoms with E-state index in [1.807, 2.05) is 18.6 Å². The summed E-state index contributed by atoms with van der Waals surface area (Å²) in [6.45, 7) is 7.81. The monoisotopic (exact) mass is 523 g/mol. The fourth-order valence-electron chi connectivity index (χ4n) is 7.09. The summed E-state index contributed by atoms with van der Waals surface area (Å²) in [7, 11) is 0. The Morgan fingerprint density at radius 1 is 1.08 bits per heavy atom. The van der Waals surface area contributed by atoms with Crippen LogP contribution in [0.4, 0.5) is 17.3 Å². The van der Waals surface area contributed by atoms with Crippen LogP contribution in [0, 0.1) is 23.7 Å². The molecule has 5 heterocycles. The molecule has 2 aliphatic carbocycles. The van der Waals surface area contributed by atoms with Crippen molar-refractivity contribution in [1.29, 1.82) is 0 Å². The quantitative estimate of drug-likeness (QED) is 0.353. The molecule has 39 heavy (non-hydrogen) atoms. The Hall–Kier alpha value is -3.72. The van der Waals surface area contributed by atoms with Crippen LogP contribution in [0.2, 0.25) is 0 Å². The van der Waals surface area contributed by atoms with Crippen molar-refractivity contribution in [2.45, 2.75) is 45.6 Å². The Morgan fingerprint density at radius 2 is 1.95 bits per heavy atom. The highest BCUT2D eigenvalue weighted by atomic mass is 16.5. The zero-order chi connectivity index (χ0) is 26.2. The van der Waals surface area contributed by atoms with E-state index in [1.165, 1.54) is 25.7 Å². The first kappa shape index (κ1) is 23.2. The van der Waals surface area contributed by atoms with Crippen molar-refractivity contribution >= 4 is 28.2 Å². The lowest BCUT2D eigenvalue weighted by Gasteiger charge is -2.63. The lowest BCUT2D eigenvalue weighted by atomic mass is 9.45. The Balaban J connectivity index is 0.966. The molecule has 0 bridgehead atoms. The normalized spacial score (nSPS) is 26.5. The number of nitrogens with one attached hydrogen (secondary N) is 2.